The van der Waals surface area contributed by atoms with Crippen LogP contribution in [0.15, 0.2) is 18.3 Å². The minimum atomic E-state index is 0. The molecule has 1 heterocycles. The highest BCUT2D eigenvalue weighted by atomic mass is 35.5. The number of nitrogens with two attached hydrogens (primary N) is 1. The topological polar surface area (TPSA) is 71.2 Å². The number of hydrogen-bond acceptors (Lipinski definition) is 4. The lowest BCUT2D eigenvalue weighted by Gasteiger charge is -2.19. The fraction of sp³-hybridized carbons (Fsp3) is 0.625. The van der Waals surface area contributed by atoms with Crippen LogP contribution < -0.4 is 16.0 Å². The Balaban J connectivity index is 0. The summed E-state index contributed by atoms with van der Waals surface area (Å²) >= 11 is 0. The molecule has 1 aromatic rings. The molecule has 0 bridgehead atoms. The fourth-order valence-electron chi connectivity index (χ4n) is 2.20. The van der Waals surface area contributed by atoms with E-state index in [-0.39, 0.29) is 30.7 Å². The Labute approximate surface area is 152 Å². The van der Waals surface area contributed by atoms with Crippen LogP contribution in [-0.4, -0.2) is 30.5 Å². The third-order valence-electron chi connectivity index (χ3n) is 3.48. The largest absolute Gasteiger partial charge is 0.357 e. The lowest BCUT2D eigenvalue weighted by Crippen LogP contribution is -2.22. The highest BCUT2D eigenvalue weighted by Crippen LogP contribution is 2.14. The zero-order valence-electron chi connectivity index (χ0n) is 14.1. The van der Waals surface area contributed by atoms with Gasteiger partial charge in [-0.15, -0.1) is 24.8 Å². The second kappa shape index (κ2) is 14.5. The first-order valence-electron chi connectivity index (χ1n) is 7.92. The highest BCUT2D eigenvalue weighted by molar-refractivity contribution is 5.90. The maximum atomic E-state index is 11.8. The quantitative estimate of drug-likeness (QED) is 0.622. The Morgan fingerprint density at radius 1 is 1.13 bits per heavy atom. The number of rotatable bonds is 10. The number of aromatic nitrogens is 1. The highest BCUT2D eigenvalue weighted by Gasteiger charge is 2.05. The molecule has 0 aliphatic rings. The van der Waals surface area contributed by atoms with Crippen molar-refractivity contribution in [3.63, 3.8) is 0 Å². The molecule has 3 N–H and O–H groups in total. The SMILES string of the molecule is CCN(CC)c1ccc(NC(=O)CCCCCCN)cn1.Cl.Cl. The molecule has 1 rings (SSSR count). The number of pyridine rings is 1. The van der Waals surface area contributed by atoms with Crippen LogP contribution in [0.2, 0.25) is 0 Å². The van der Waals surface area contributed by atoms with Crippen molar-refractivity contribution in [1.82, 2.24) is 4.98 Å². The Hall–Kier alpha value is -1.04. The van der Waals surface area contributed by atoms with Gasteiger partial charge < -0.3 is 16.0 Å². The van der Waals surface area contributed by atoms with E-state index in [1.807, 2.05) is 12.1 Å². The molecule has 5 nitrogen and oxygen atoms in total. The van der Waals surface area contributed by atoms with Gasteiger partial charge in [-0.3, -0.25) is 4.79 Å². The second-order valence-electron chi connectivity index (χ2n) is 5.08. The minimum Gasteiger partial charge on any atom is -0.357 e. The van der Waals surface area contributed by atoms with Crippen molar-refractivity contribution >= 4 is 42.2 Å². The average molecular weight is 365 g/mol. The molecule has 0 saturated heterocycles. The van der Waals surface area contributed by atoms with E-state index in [0.717, 1.165) is 56.8 Å². The molecule has 0 radical (unpaired) electrons. The van der Waals surface area contributed by atoms with E-state index in [1.54, 1.807) is 6.20 Å². The number of unbranched alkanes of at least 4 members (excludes halogenated alkanes) is 3. The summed E-state index contributed by atoms with van der Waals surface area (Å²) in [5.74, 6) is 1.000. The summed E-state index contributed by atoms with van der Waals surface area (Å²) in [6.07, 6.45) is 6.39. The van der Waals surface area contributed by atoms with Crippen LogP contribution in [0.1, 0.15) is 46.0 Å². The predicted octanol–water partition coefficient (Wildman–Crippen LogP) is 3.62. The number of anilines is 2. The number of halogens is 2. The number of hydrogen-bond donors (Lipinski definition) is 2. The third kappa shape index (κ3) is 9.64. The van der Waals surface area contributed by atoms with Crippen molar-refractivity contribution < 1.29 is 4.79 Å². The van der Waals surface area contributed by atoms with Crippen molar-refractivity contribution in [2.75, 3.05) is 29.9 Å². The van der Waals surface area contributed by atoms with Gasteiger partial charge in [0.05, 0.1) is 11.9 Å². The molecular formula is C16H30Cl2N4O. The lowest BCUT2D eigenvalue weighted by atomic mass is 10.1. The standard InChI is InChI=1S/C16H28N4O.2ClH/c1-3-20(4-2)15-11-10-14(13-18-15)19-16(21)9-7-5-6-8-12-17;;/h10-11,13H,3-9,12,17H2,1-2H3,(H,19,21);2*1H. The molecule has 0 spiro atoms. The van der Waals surface area contributed by atoms with Crippen LogP contribution in [-0.2, 0) is 4.79 Å². The molecule has 1 aromatic heterocycles. The molecule has 134 valence electrons. The van der Waals surface area contributed by atoms with Gasteiger partial charge in [0.2, 0.25) is 5.91 Å². The van der Waals surface area contributed by atoms with E-state index in [9.17, 15) is 4.79 Å². The Morgan fingerprint density at radius 2 is 1.78 bits per heavy atom. The molecule has 1 amide bonds. The predicted molar refractivity (Wildman–Crippen MR) is 103 cm³/mol. The average Bonchev–Trinajstić information content (AvgIpc) is 2.50. The minimum absolute atomic E-state index is 0. The summed E-state index contributed by atoms with van der Waals surface area (Å²) in [7, 11) is 0. The normalized spacial score (nSPS) is 9.52. The van der Waals surface area contributed by atoms with Gasteiger partial charge in [0, 0.05) is 19.5 Å². The molecule has 0 saturated carbocycles. The van der Waals surface area contributed by atoms with E-state index < -0.39 is 0 Å². The summed E-state index contributed by atoms with van der Waals surface area (Å²) in [5.41, 5.74) is 6.20. The molecule has 23 heavy (non-hydrogen) atoms. The van der Waals surface area contributed by atoms with Crippen LogP contribution in [0.4, 0.5) is 11.5 Å². The first kappa shape index (κ1) is 24.2. The van der Waals surface area contributed by atoms with E-state index >= 15 is 0 Å². The third-order valence-corrected chi connectivity index (χ3v) is 3.48. The summed E-state index contributed by atoms with van der Waals surface area (Å²) < 4.78 is 0. The first-order valence-corrected chi connectivity index (χ1v) is 7.92. The van der Waals surface area contributed by atoms with Gasteiger partial charge in [-0.2, -0.15) is 0 Å². The number of nitrogens with zero attached hydrogens (tertiary/aromatic N) is 2. The molecule has 0 aliphatic heterocycles. The molecule has 0 aromatic carbocycles. The Morgan fingerprint density at radius 3 is 2.30 bits per heavy atom. The Bertz CT molecular complexity index is 411. The van der Waals surface area contributed by atoms with Crippen LogP contribution in [0, 0.1) is 0 Å². The number of amides is 1. The van der Waals surface area contributed by atoms with Gasteiger partial charge in [-0.1, -0.05) is 12.8 Å². The lowest BCUT2D eigenvalue weighted by molar-refractivity contribution is -0.116. The van der Waals surface area contributed by atoms with Crippen molar-refractivity contribution in [2.24, 2.45) is 5.73 Å². The Kier molecular flexibility index (Phi) is 15.3. The summed E-state index contributed by atoms with van der Waals surface area (Å²) in [6.45, 7) is 6.80. The first-order chi connectivity index (χ1) is 10.2. The number of carbonyl (C=O) groups is 1. The van der Waals surface area contributed by atoms with E-state index in [2.05, 4.69) is 29.0 Å². The molecule has 0 atom stereocenters. The van der Waals surface area contributed by atoms with Gasteiger partial charge in [0.15, 0.2) is 0 Å². The van der Waals surface area contributed by atoms with Gasteiger partial charge in [-0.05, 0) is 45.4 Å². The molecular weight excluding hydrogens is 335 g/mol. The number of carbonyl (C=O) groups excluding carboxylic acids is 1. The van der Waals surface area contributed by atoms with Crippen LogP contribution in [0.5, 0.6) is 0 Å². The molecule has 0 fully saturated rings. The summed E-state index contributed by atoms with van der Waals surface area (Å²) in [4.78, 5) is 18.4. The van der Waals surface area contributed by atoms with Crippen molar-refractivity contribution in [3.8, 4) is 0 Å². The van der Waals surface area contributed by atoms with Crippen molar-refractivity contribution in [3.05, 3.63) is 18.3 Å². The van der Waals surface area contributed by atoms with Gasteiger partial charge in [-0.25, -0.2) is 4.98 Å². The van der Waals surface area contributed by atoms with E-state index in [4.69, 9.17) is 5.73 Å². The van der Waals surface area contributed by atoms with Crippen LogP contribution in [0.25, 0.3) is 0 Å². The van der Waals surface area contributed by atoms with Gasteiger partial charge in [0.25, 0.3) is 0 Å². The number of nitrogens with one attached hydrogen (secondary N) is 1. The monoisotopic (exact) mass is 364 g/mol. The molecule has 0 aliphatic carbocycles. The smallest absolute Gasteiger partial charge is 0.224 e. The van der Waals surface area contributed by atoms with Crippen LogP contribution >= 0.6 is 24.8 Å². The van der Waals surface area contributed by atoms with E-state index in [1.165, 1.54) is 0 Å². The van der Waals surface area contributed by atoms with Crippen LogP contribution in [0.3, 0.4) is 0 Å². The maximum absolute atomic E-state index is 11.8. The fourth-order valence-corrected chi connectivity index (χ4v) is 2.20. The molecule has 7 heteroatoms. The summed E-state index contributed by atoms with van der Waals surface area (Å²) in [5, 5.41) is 2.89. The zero-order chi connectivity index (χ0) is 15.5. The van der Waals surface area contributed by atoms with Gasteiger partial charge >= 0.3 is 0 Å². The van der Waals surface area contributed by atoms with Gasteiger partial charge in [0.1, 0.15) is 5.82 Å². The van der Waals surface area contributed by atoms with Crippen molar-refractivity contribution in [2.45, 2.75) is 46.0 Å². The maximum Gasteiger partial charge on any atom is 0.224 e. The van der Waals surface area contributed by atoms with E-state index in [0.29, 0.717) is 6.42 Å². The van der Waals surface area contributed by atoms with Crippen molar-refractivity contribution in [1.29, 1.82) is 0 Å². The second-order valence-corrected chi connectivity index (χ2v) is 5.08. The zero-order valence-corrected chi connectivity index (χ0v) is 15.7. The summed E-state index contributed by atoms with van der Waals surface area (Å²) in [6, 6.07) is 3.86. The molecule has 0 unspecified atom stereocenters.